The quantitative estimate of drug-likeness (QED) is 0.624. The largest absolute Gasteiger partial charge is 0.378 e. The van der Waals surface area contributed by atoms with Gasteiger partial charge in [-0.25, -0.2) is 0 Å². The number of fused-ring (bicyclic) bond motifs is 1. The first-order valence-electron chi connectivity index (χ1n) is 8.70. The third-order valence-electron chi connectivity index (χ3n) is 4.70. The first kappa shape index (κ1) is 16.9. The molecule has 0 bridgehead atoms. The molecule has 4 nitrogen and oxygen atoms in total. The summed E-state index contributed by atoms with van der Waals surface area (Å²) in [6.45, 7) is 0. The molecule has 0 radical (unpaired) electrons. The molecular weight excluding hydrogens is 346 g/mol. The van der Waals surface area contributed by atoms with Gasteiger partial charge in [0, 0.05) is 48.0 Å². The van der Waals surface area contributed by atoms with Crippen LogP contribution in [-0.4, -0.2) is 24.9 Å². The van der Waals surface area contributed by atoms with Gasteiger partial charge in [-0.3, -0.25) is 9.78 Å². The number of carbonyl (C=O) groups is 1. The first-order valence-corrected chi connectivity index (χ1v) is 9.07. The number of aromatic nitrogens is 1. The smallest absolute Gasteiger partial charge is 0.169 e. The van der Waals surface area contributed by atoms with E-state index in [2.05, 4.69) is 10.3 Å². The average Bonchev–Trinajstić information content (AvgIpc) is 3.47. The van der Waals surface area contributed by atoms with Gasteiger partial charge in [-0.05, 0) is 55.3 Å². The summed E-state index contributed by atoms with van der Waals surface area (Å²) < 4.78 is 0. The Kier molecular flexibility index (Phi) is 4.29. The highest BCUT2D eigenvalue weighted by molar-refractivity contribution is 6.31. The van der Waals surface area contributed by atoms with Crippen molar-refractivity contribution in [1.29, 1.82) is 0 Å². The van der Waals surface area contributed by atoms with E-state index in [1.54, 1.807) is 6.20 Å². The molecule has 0 amide bonds. The van der Waals surface area contributed by atoms with Crippen LogP contribution in [0.3, 0.4) is 0 Å². The normalized spacial score (nSPS) is 13.7. The van der Waals surface area contributed by atoms with E-state index in [4.69, 9.17) is 11.6 Å². The zero-order valence-electron chi connectivity index (χ0n) is 14.8. The summed E-state index contributed by atoms with van der Waals surface area (Å²) >= 11 is 6.21. The van der Waals surface area contributed by atoms with E-state index < -0.39 is 0 Å². The molecule has 26 heavy (non-hydrogen) atoms. The molecule has 0 spiro atoms. The molecule has 0 aliphatic heterocycles. The van der Waals surface area contributed by atoms with Gasteiger partial charge in [0.25, 0.3) is 0 Å². The van der Waals surface area contributed by atoms with E-state index in [1.165, 1.54) is 0 Å². The number of halogens is 1. The molecule has 4 rings (SSSR count). The molecule has 0 saturated heterocycles. The second-order valence-electron chi connectivity index (χ2n) is 6.91. The van der Waals surface area contributed by atoms with Crippen molar-refractivity contribution in [3.8, 4) is 0 Å². The van der Waals surface area contributed by atoms with Crippen LogP contribution in [0.1, 0.15) is 23.2 Å². The number of pyridine rings is 1. The maximum Gasteiger partial charge on any atom is 0.169 e. The molecule has 132 valence electrons. The number of Topliss-reactive ketones (excluding diaryl/α,β-unsaturated/α-hetero) is 1. The minimum Gasteiger partial charge on any atom is -0.378 e. The highest BCUT2D eigenvalue weighted by atomic mass is 35.5. The predicted molar refractivity (Wildman–Crippen MR) is 108 cm³/mol. The summed E-state index contributed by atoms with van der Waals surface area (Å²) in [5.74, 6) is 0.289. The van der Waals surface area contributed by atoms with Gasteiger partial charge in [-0.15, -0.1) is 0 Å². The topological polar surface area (TPSA) is 45.2 Å². The van der Waals surface area contributed by atoms with E-state index in [0.29, 0.717) is 10.6 Å². The number of carbonyl (C=O) groups excluding carboxylic acids is 1. The minimum absolute atomic E-state index is 0.130. The fourth-order valence-corrected chi connectivity index (χ4v) is 3.21. The molecule has 5 heteroatoms. The van der Waals surface area contributed by atoms with Crippen LogP contribution in [0.25, 0.3) is 10.9 Å². The van der Waals surface area contributed by atoms with Crippen LogP contribution in [0.5, 0.6) is 0 Å². The number of nitrogens with zero attached hydrogens (tertiary/aromatic N) is 2. The van der Waals surface area contributed by atoms with Crippen LogP contribution in [0.2, 0.25) is 5.02 Å². The molecule has 3 aromatic rings. The van der Waals surface area contributed by atoms with Gasteiger partial charge in [0.05, 0.1) is 16.8 Å². The molecule has 0 atom stereocenters. The average molecular weight is 366 g/mol. The van der Waals surface area contributed by atoms with Crippen LogP contribution in [-0.2, 0) is 0 Å². The van der Waals surface area contributed by atoms with Crippen molar-refractivity contribution in [2.75, 3.05) is 24.3 Å². The van der Waals surface area contributed by atoms with Crippen LogP contribution in [0, 0.1) is 5.92 Å². The summed E-state index contributed by atoms with van der Waals surface area (Å²) in [6, 6.07) is 13.7. The standard InChI is InChI=1S/C21H20ClN3O/c1-25(2)16-8-6-15(7-9-16)24-20-17-11-14(22)5-10-19(17)23-12-18(20)21(26)13-3-4-13/h5-13H,3-4H2,1-2H3,(H,23,24). The van der Waals surface area contributed by atoms with Gasteiger partial charge in [0.15, 0.2) is 5.78 Å². The maximum atomic E-state index is 12.8. The molecule has 1 aliphatic rings. The second-order valence-corrected chi connectivity index (χ2v) is 7.35. The van der Waals surface area contributed by atoms with E-state index >= 15 is 0 Å². The summed E-state index contributed by atoms with van der Waals surface area (Å²) in [4.78, 5) is 19.3. The predicted octanol–water partition coefficient (Wildman–Crippen LogP) is 5.29. The number of nitrogens with one attached hydrogen (secondary N) is 1. The van der Waals surface area contributed by atoms with E-state index in [-0.39, 0.29) is 11.7 Å². The van der Waals surface area contributed by atoms with Gasteiger partial charge in [-0.1, -0.05) is 11.6 Å². The van der Waals surface area contributed by atoms with Crippen molar-refractivity contribution < 1.29 is 4.79 Å². The van der Waals surface area contributed by atoms with Gasteiger partial charge in [-0.2, -0.15) is 0 Å². The number of rotatable bonds is 5. The zero-order chi connectivity index (χ0) is 18.3. The lowest BCUT2D eigenvalue weighted by molar-refractivity contribution is 0.0968. The lowest BCUT2D eigenvalue weighted by Crippen LogP contribution is -2.09. The molecule has 1 heterocycles. The third kappa shape index (κ3) is 3.25. The Morgan fingerprint density at radius 3 is 2.54 bits per heavy atom. The number of hydrogen-bond acceptors (Lipinski definition) is 4. The molecule has 0 unspecified atom stereocenters. The minimum atomic E-state index is 0.130. The lowest BCUT2D eigenvalue weighted by Gasteiger charge is -2.16. The molecule has 1 saturated carbocycles. The monoisotopic (exact) mass is 365 g/mol. The van der Waals surface area contributed by atoms with Crippen molar-refractivity contribution in [2.24, 2.45) is 5.92 Å². The summed E-state index contributed by atoms with van der Waals surface area (Å²) in [7, 11) is 4.01. The third-order valence-corrected chi connectivity index (χ3v) is 4.93. The SMILES string of the molecule is CN(C)c1ccc(Nc2c(C(=O)C3CC3)cnc3ccc(Cl)cc23)cc1. The molecule has 1 aromatic heterocycles. The lowest BCUT2D eigenvalue weighted by atomic mass is 10.0. The fraction of sp³-hybridized carbons (Fsp3) is 0.238. The van der Waals surface area contributed by atoms with Gasteiger partial charge < -0.3 is 10.2 Å². The van der Waals surface area contributed by atoms with Crippen LogP contribution in [0.4, 0.5) is 17.1 Å². The van der Waals surface area contributed by atoms with Crippen LogP contribution < -0.4 is 10.2 Å². The number of benzene rings is 2. The van der Waals surface area contributed by atoms with Gasteiger partial charge in [0.2, 0.25) is 0 Å². The van der Waals surface area contributed by atoms with Crippen molar-refractivity contribution >= 4 is 45.3 Å². The molecular formula is C21H20ClN3O. The molecule has 1 aliphatic carbocycles. The number of ketones is 1. The van der Waals surface area contributed by atoms with E-state index in [1.807, 2.05) is 61.5 Å². The second kappa shape index (κ2) is 6.61. The van der Waals surface area contributed by atoms with Crippen molar-refractivity contribution in [2.45, 2.75) is 12.8 Å². The summed E-state index contributed by atoms with van der Waals surface area (Å²) in [5.41, 5.74) is 4.28. The Hall–Kier alpha value is -2.59. The molecule has 1 fully saturated rings. The van der Waals surface area contributed by atoms with Crippen molar-refractivity contribution in [3.63, 3.8) is 0 Å². The number of anilines is 3. The highest BCUT2D eigenvalue weighted by Crippen LogP contribution is 2.38. The van der Waals surface area contributed by atoms with Crippen molar-refractivity contribution in [3.05, 3.63) is 59.2 Å². The highest BCUT2D eigenvalue weighted by Gasteiger charge is 2.32. The summed E-state index contributed by atoms with van der Waals surface area (Å²) in [6.07, 6.45) is 3.61. The van der Waals surface area contributed by atoms with Gasteiger partial charge in [0.1, 0.15) is 0 Å². The maximum absolute atomic E-state index is 12.8. The van der Waals surface area contributed by atoms with Gasteiger partial charge >= 0.3 is 0 Å². The van der Waals surface area contributed by atoms with Crippen LogP contribution in [0.15, 0.2) is 48.7 Å². The Morgan fingerprint density at radius 2 is 1.88 bits per heavy atom. The van der Waals surface area contributed by atoms with E-state index in [9.17, 15) is 4.79 Å². The molecule has 1 N–H and O–H groups in total. The molecule has 2 aromatic carbocycles. The Bertz CT molecular complexity index is 978. The summed E-state index contributed by atoms with van der Waals surface area (Å²) in [5, 5.41) is 4.92. The Labute approximate surface area is 157 Å². The van der Waals surface area contributed by atoms with Crippen molar-refractivity contribution in [1.82, 2.24) is 4.98 Å². The Balaban J connectivity index is 1.80. The zero-order valence-corrected chi connectivity index (χ0v) is 15.5. The Morgan fingerprint density at radius 1 is 1.15 bits per heavy atom. The first-order chi connectivity index (χ1) is 12.5. The van der Waals surface area contributed by atoms with Crippen LogP contribution >= 0.6 is 11.6 Å². The number of hydrogen-bond donors (Lipinski definition) is 1. The van der Waals surface area contributed by atoms with E-state index in [0.717, 1.165) is 40.8 Å². The fourth-order valence-electron chi connectivity index (χ4n) is 3.04.